The van der Waals surface area contributed by atoms with Crippen molar-refractivity contribution in [1.82, 2.24) is 19.7 Å². The second-order valence-corrected chi connectivity index (χ2v) is 4.34. The zero-order valence-electron chi connectivity index (χ0n) is 9.17. The van der Waals surface area contributed by atoms with Crippen LogP contribution in [-0.4, -0.2) is 33.5 Å². The van der Waals surface area contributed by atoms with Gasteiger partial charge in [0, 0.05) is 13.7 Å². The highest BCUT2D eigenvalue weighted by Gasteiger charge is 2.14. The Balaban J connectivity index is 2.33. The molecule has 0 saturated heterocycles. The summed E-state index contributed by atoms with van der Waals surface area (Å²) in [5.41, 5.74) is 6.54. The van der Waals surface area contributed by atoms with Crippen LogP contribution in [-0.2, 0) is 11.3 Å². The van der Waals surface area contributed by atoms with E-state index in [1.165, 1.54) is 11.3 Å². The molecule has 0 saturated carbocycles. The minimum Gasteiger partial charge on any atom is -0.383 e. The first-order valence-electron chi connectivity index (χ1n) is 4.82. The van der Waals surface area contributed by atoms with E-state index in [1.807, 2.05) is 11.5 Å². The lowest BCUT2D eigenvalue weighted by Gasteiger charge is -2.03. The lowest BCUT2D eigenvalue weighted by Crippen LogP contribution is -2.04. The number of methoxy groups -OCH3 is 1. The highest BCUT2D eigenvalue weighted by Crippen LogP contribution is 2.29. The van der Waals surface area contributed by atoms with Crippen LogP contribution in [0.15, 0.2) is 6.33 Å². The second-order valence-electron chi connectivity index (χ2n) is 3.31. The summed E-state index contributed by atoms with van der Waals surface area (Å²) in [6, 6.07) is 0. The number of nitrogens with zero attached hydrogens (tertiary/aromatic N) is 4. The Bertz CT molecular complexity index is 478. The van der Waals surface area contributed by atoms with Crippen LogP contribution >= 0.6 is 11.3 Å². The van der Waals surface area contributed by atoms with Gasteiger partial charge in [0.05, 0.1) is 17.2 Å². The molecule has 2 N–H and O–H groups in total. The lowest BCUT2D eigenvalue weighted by molar-refractivity contribution is 0.187. The molecular weight excluding hydrogens is 226 g/mol. The molecule has 2 aromatic rings. The highest BCUT2D eigenvalue weighted by molar-refractivity contribution is 7.18. The highest BCUT2D eigenvalue weighted by atomic mass is 32.1. The van der Waals surface area contributed by atoms with Gasteiger partial charge in [-0.2, -0.15) is 0 Å². The molecule has 2 heterocycles. The van der Waals surface area contributed by atoms with Crippen molar-refractivity contribution in [2.75, 3.05) is 19.5 Å². The standard InChI is InChI=1S/C9H13N5OS/c1-6-7(16-9(10)12-6)8-13-11-5-14(8)3-4-15-2/h5H,3-4H2,1-2H3,(H2,10,12). The van der Waals surface area contributed by atoms with Crippen molar-refractivity contribution in [3.63, 3.8) is 0 Å². The van der Waals surface area contributed by atoms with Crippen molar-refractivity contribution in [2.24, 2.45) is 0 Å². The maximum absolute atomic E-state index is 5.66. The minimum atomic E-state index is 0.550. The third kappa shape index (κ3) is 2.05. The number of thiazole rings is 1. The Morgan fingerprint density at radius 3 is 3.00 bits per heavy atom. The lowest BCUT2D eigenvalue weighted by atomic mass is 10.4. The van der Waals surface area contributed by atoms with Gasteiger partial charge in [0.2, 0.25) is 0 Å². The number of aromatic nitrogens is 4. The van der Waals surface area contributed by atoms with Crippen molar-refractivity contribution in [1.29, 1.82) is 0 Å². The summed E-state index contributed by atoms with van der Waals surface area (Å²) < 4.78 is 6.96. The van der Waals surface area contributed by atoms with E-state index >= 15 is 0 Å². The average Bonchev–Trinajstić information content (AvgIpc) is 2.81. The van der Waals surface area contributed by atoms with Gasteiger partial charge >= 0.3 is 0 Å². The van der Waals surface area contributed by atoms with Crippen LogP contribution in [0.3, 0.4) is 0 Å². The molecule has 0 bridgehead atoms. The predicted octanol–water partition coefficient (Wildman–Crippen LogP) is 0.939. The fourth-order valence-electron chi connectivity index (χ4n) is 1.41. The van der Waals surface area contributed by atoms with Crippen LogP contribution in [0.5, 0.6) is 0 Å². The average molecular weight is 239 g/mol. The molecule has 7 heteroatoms. The number of nitrogen functional groups attached to an aromatic ring is 1. The van der Waals surface area contributed by atoms with Crippen molar-refractivity contribution < 1.29 is 4.74 Å². The predicted molar refractivity (Wildman–Crippen MR) is 62.2 cm³/mol. The Labute approximate surface area is 97.1 Å². The van der Waals surface area contributed by atoms with Gasteiger partial charge in [-0.05, 0) is 6.92 Å². The molecule has 16 heavy (non-hydrogen) atoms. The fraction of sp³-hybridized carbons (Fsp3) is 0.444. The van der Waals surface area contributed by atoms with Crippen molar-refractivity contribution in [2.45, 2.75) is 13.5 Å². The molecule has 0 aliphatic carbocycles. The second kappa shape index (κ2) is 4.58. The van der Waals surface area contributed by atoms with E-state index < -0.39 is 0 Å². The molecular formula is C9H13N5OS. The summed E-state index contributed by atoms with van der Waals surface area (Å²) >= 11 is 1.42. The molecule has 0 radical (unpaired) electrons. The van der Waals surface area contributed by atoms with Gasteiger partial charge in [0.15, 0.2) is 11.0 Å². The van der Waals surface area contributed by atoms with E-state index in [-0.39, 0.29) is 0 Å². The number of rotatable bonds is 4. The molecule has 0 spiro atoms. The Kier molecular flexibility index (Phi) is 3.16. The Morgan fingerprint density at radius 1 is 1.56 bits per heavy atom. The maximum Gasteiger partial charge on any atom is 0.180 e. The number of hydrogen-bond donors (Lipinski definition) is 1. The van der Waals surface area contributed by atoms with E-state index in [9.17, 15) is 0 Å². The summed E-state index contributed by atoms with van der Waals surface area (Å²) in [7, 11) is 1.67. The van der Waals surface area contributed by atoms with Crippen LogP contribution in [0.25, 0.3) is 10.7 Å². The maximum atomic E-state index is 5.66. The van der Waals surface area contributed by atoms with Crippen LogP contribution in [0.1, 0.15) is 5.69 Å². The first-order chi connectivity index (χ1) is 7.72. The number of nitrogens with two attached hydrogens (primary N) is 1. The minimum absolute atomic E-state index is 0.550. The first-order valence-corrected chi connectivity index (χ1v) is 5.64. The zero-order chi connectivity index (χ0) is 11.5. The van der Waals surface area contributed by atoms with Crippen molar-refractivity contribution >= 4 is 16.5 Å². The molecule has 86 valence electrons. The van der Waals surface area contributed by atoms with E-state index in [2.05, 4.69) is 15.2 Å². The molecule has 6 nitrogen and oxygen atoms in total. The molecule has 0 fully saturated rings. The summed E-state index contributed by atoms with van der Waals surface area (Å²) in [5.74, 6) is 0.795. The third-order valence-electron chi connectivity index (χ3n) is 2.17. The van der Waals surface area contributed by atoms with Crippen molar-refractivity contribution in [3.8, 4) is 10.7 Å². The largest absolute Gasteiger partial charge is 0.383 e. The third-order valence-corrected chi connectivity index (χ3v) is 3.15. The van der Waals surface area contributed by atoms with Crippen LogP contribution in [0.2, 0.25) is 0 Å². The van der Waals surface area contributed by atoms with Crippen molar-refractivity contribution in [3.05, 3.63) is 12.0 Å². The summed E-state index contributed by atoms with van der Waals surface area (Å²) in [5, 5.41) is 8.53. The van der Waals surface area contributed by atoms with Gasteiger partial charge in [-0.3, -0.25) is 0 Å². The molecule has 2 aromatic heterocycles. The van der Waals surface area contributed by atoms with E-state index in [4.69, 9.17) is 10.5 Å². The monoisotopic (exact) mass is 239 g/mol. The molecule has 0 aliphatic heterocycles. The van der Waals surface area contributed by atoms with Crippen LogP contribution in [0.4, 0.5) is 5.13 Å². The van der Waals surface area contributed by atoms with Gasteiger partial charge in [-0.25, -0.2) is 4.98 Å². The molecule has 2 rings (SSSR count). The molecule has 0 aliphatic rings. The summed E-state index contributed by atoms with van der Waals surface area (Å²) in [4.78, 5) is 5.14. The van der Waals surface area contributed by atoms with Gasteiger partial charge < -0.3 is 15.0 Å². The number of aryl methyl sites for hydroxylation is 1. The normalized spacial score (nSPS) is 10.9. The molecule has 0 atom stereocenters. The van der Waals surface area contributed by atoms with Gasteiger partial charge in [0.25, 0.3) is 0 Å². The zero-order valence-corrected chi connectivity index (χ0v) is 9.99. The van der Waals surface area contributed by atoms with E-state index in [0.717, 1.165) is 22.9 Å². The number of anilines is 1. The summed E-state index contributed by atoms with van der Waals surface area (Å²) in [6.07, 6.45) is 1.68. The molecule has 0 aromatic carbocycles. The quantitative estimate of drug-likeness (QED) is 0.859. The fourth-order valence-corrected chi connectivity index (χ4v) is 2.24. The first kappa shape index (κ1) is 11.0. The number of hydrogen-bond acceptors (Lipinski definition) is 6. The van der Waals surface area contributed by atoms with Gasteiger partial charge in [0.1, 0.15) is 6.33 Å². The molecule has 0 amide bonds. The van der Waals surface area contributed by atoms with E-state index in [1.54, 1.807) is 13.4 Å². The SMILES string of the molecule is COCCn1cnnc1-c1sc(N)nc1C. The Morgan fingerprint density at radius 2 is 2.38 bits per heavy atom. The smallest absolute Gasteiger partial charge is 0.180 e. The van der Waals surface area contributed by atoms with Crippen LogP contribution < -0.4 is 5.73 Å². The summed E-state index contributed by atoms with van der Waals surface area (Å²) in [6.45, 7) is 3.26. The van der Waals surface area contributed by atoms with Gasteiger partial charge in [-0.15, -0.1) is 10.2 Å². The Hall–Kier alpha value is -1.47. The topological polar surface area (TPSA) is 78.8 Å². The van der Waals surface area contributed by atoms with Crippen LogP contribution in [0, 0.1) is 6.92 Å². The molecule has 0 unspecified atom stereocenters. The van der Waals surface area contributed by atoms with E-state index in [0.29, 0.717) is 11.7 Å². The van der Waals surface area contributed by atoms with Gasteiger partial charge in [-0.1, -0.05) is 11.3 Å². The number of ether oxygens (including phenoxy) is 1.